The molecule has 0 aliphatic heterocycles. The Morgan fingerprint density at radius 2 is 2.06 bits per heavy atom. The number of nitrogens with one attached hydrogen (secondary N) is 1. The van der Waals surface area contributed by atoms with Crippen molar-refractivity contribution in [1.29, 1.82) is 0 Å². The molecule has 6 nitrogen and oxygen atoms in total. The summed E-state index contributed by atoms with van der Waals surface area (Å²) in [6, 6.07) is 7.54. The molecule has 8 heteroatoms. The third kappa shape index (κ3) is 2.77. The summed E-state index contributed by atoms with van der Waals surface area (Å²) in [5.41, 5.74) is 6.03. The van der Waals surface area contributed by atoms with Crippen molar-refractivity contribution in [2.75, 3.05) is 10.5 Å². The van der Waals surface area contributed by atoms with Gasteiger partial charge in [0.05, 0.1) is 0 Å². The highest BCUT2D eigenvalue weighted by atomic mass is 79.9. The maximum absolute atomic E-state index is 12.1. The summed E-state index contributed by atoms with van der Waals surface area (Å²) < 4.78 is 26.9. The molecule has 0 saturated carbocycles. The maximum Gasteiger partial charge on any atom is 0.264 e. The molecule has 0 fully saturated rings. The minimum absolute atomic E-state index is 0.0855. The molecule has 3 N–H and O–H groups in total. The molecule has 0 spiro atoms. The van der Waals surface area contributed by atoms with E-state index in [-0.39, 0.29) is 10.7 Å². The first kappa shape index (κ1) is 12.8. The molecule has 0 atom stereocenters. The Bertz CT molecular complexity index is 661. The van der Waals surface area contributed by atoms with E-state index < -0.39 is 10.0 Å². The summed E-state index contributed by atoms with van der Waals surface area (Å²) in [6.07, 6.45) is 1.46. The van der Waals surface area contributed by atoms with Gasteiger partial charge in [-0.25, -0.2) is 8.42 Å². The van der Waals surface area contributed by atoms with Gasteiger partial charge in [-0.2, -0.15) is 5.10 Å². The first-order valence-corrected chi connectivity index (χ1v) is 7.12. The Labute approximate surface area is 112 Å². The van der Waals surface area contributed by atoms with Crippen molar-refractivity contribution in [2.24, 2.45) is 0 Å². The van der Waals surface area contributed by atoms with E-state index in [1.807, 2.05) is 0 Å². The third-order valence-electron chi connectivity index (χ3n) is 2.06. The number of hydrogen-bond acceptors (Lipinski definition) is 5. The van der Waals surface area contributed by atoms with Crippen molar-refractivity contribution in [3.63, 3.8) is 0 Å². The lowest BCUT2D eigenvalue weighted by atomic mass is 10.3. The van der Waals surface area contributed by atoms with Gasteiger partial charge < -0.3 is 5.73 Å². The number of sulfonamides is 1. The van der Waals surface area contributed by atoms with Crippen molar-refractivity contribution in [2.45, 2.75) is 4.90 Å². The largest absolute Gasteiger partial charge is 0.399 e. The van der Waals surface area contributed by atoms with Crippen molar-refractivity contribution < 1.29 is 8.42 Å². The van der Waals surface area contributed by atoms with Crippen LogP contribution in [0, 0.1) is 0 Å². The second-order valence-corrected chi connectivity index (χ2v) is 5.91. The number of halogens is 1. The molecule has 0 unspecified atom stereocenters. The van der Waals surface area contributed by atoms with Gasteiger partial charge in [0.15, 0.2) is 5.82 Å². The van der Waals surface area contributed by atoms with E-state index in [2.05, 4.69) is 30.8 Å². The van der Waals surface area contributed by atoms with Gasteiger partial charge in [-0.15, -0.1) is 5.10 Å². The number of aromatic nitrogens is 2. The summed E-state index contributed by atoms with van der Waals surface area (Å²) in [5, 5.41) is 7.25. The monoisotopic (exact) mass is 328 g/mol. The van der Waals surface area contributed by atoms with Crippen LogP contribution in [0.5, 0.6) is 0 Å². The predicted octanol–water partition coefficient (Wildman–Crippen LogP) is 1.62. The fourth-order valence-electron chi connectivity index (χ4n) is 1.28. The molecule has 18 heavy (non-hydrogen) atoms. The Morgan fingerprint density at radius 1 is 1.28 bits per heavy atom. The molecule has 94 valence electrons. The smallest absolute Gasteiger partial charge is 0.264 e. The average molecular weight is 329 g/mol. The summed E-state index contributed by atoms with van der Waals surface area (Å²) in [4.78, 5) is 0.0855. The number of hydrogen-bond donors (Lipinski definition) is 2. The lowest BCUT2D eigenvalue weighted by Gasteiger charge is -2.08. The van der Waals surface area contributed by atoms with Gasteiger partial charge in [0, 0.05) is 16.4 Å². The molecular weight excluding hydrogens is 320 g/mol. The normalized spacial score (nSPS) is 11.2. The van der Waals surface area contributed by atoms with Crippen LogP contribution >= 0.6 is 15.9 Å². The van der Waals surface area contributed by atoms with Crippen LogP contribution in [0.4, 0.5) is 11.5 Å². The van der Waals surface area contributed by atoms with Crippen LogP contribution < -0.4 is 10.5 Å². The van der Waals surface area contributed by atoms with Crippen LogP contribution in [0.2, 0.25) is 0 Å². The van der Waals surface area contributed by atoms with Crippen molar-refractivity contribution in [3.8, 4) is 0 Å². The zero-order valence-corrected chi connectivity index (χ0v) is 11.4. The highest BCUT2D eigenvalue weighted by molar-refractivity contribution is 9.10. The third-order valence-corrected chi connectivity index (χ3v) is 4.39. The minimum Gasteiger partial charge on any atom is -0.399 e. The fourth-order valence-corrected chi connectivity index (χ4v) is 3.38. The molecule has 2 aromatic rings. The highest BCUT2D eigenvalue weighted by Gasteiger charge is 2.18. The zero-order chi connectivity index (χ0) is 13.2. The van der Waals surface area contributed by atoms with Crippen molar-refractivity contribution in [1.82, 2.24) is 10.2 Å². The Morgan fingerprint density at radius 3 is 2.67 bits per heavy atom. The van der Waals surface area contributed by atoms with Crippen molar-refractivity contribution in [3.05, 3.63) is 41.0 Å². The van der Waals surface area contributed by atoms with Gasteiger partial charge in [0.25, 0.3) is 10.0 Å². The summed E-state index contributed by atoms with van der Waals surface area (Å²) in [6.45, 7) is 0. The number of nitrogens with zero attached hydrogens (tertiary/aromatic N) is 2. The molecule has 0 aliphatic rings. The van der Waals surface area contributed by atoms with Crippen LogP contribution in [-0.4, -0.2) is 18.6 Å². The van der Waals surface area contributed by atoms with E-state index in [0.717, 1.165) is 0 Å². The van der Waals surface area contributed by atoms with E-state index in [0.29, 0.717) is 10.2 Å². The van der Waals surface area contributed by atoms with Crippen molar-refractivity contribution >= 4 is 37.5 Å². The molecule has 0 saturated heterocycles. The average Bonchev–Trinajstić information content (AvgIpc) is 2.29. The molecule has 1 aromatic heterocycles. The molecular formula is C10H9BrN4O2S. The van der Waals surface area contributed by atoms with Gasteiger partial charge in [-0.1, -0.05) is 0 Å². The van der Waals surface area contributed by atoms with E-state index in [1.54, 1.807) is 6.07 Å². The standard InChI is InChI=1S/C10H9BrN4O2S/c11-8-6-7(12)3-4-9(8)18(16,17)15-10-2-1-5-13-14-10/h1-6H,12H2,(H,14,15). The minimum atomic E-state index is -3.72. The van der Waals surface area contributed by atoms with E-state index in [1.165, 1.54) is 30.5 Å². The molecule has 0 amide bonds. The molecule has 0 radical (unpaired) electrons. The van der Waals surface area contributed by atoms with E-state index >= 15 is 0 Å². The second kappa shape index (κ2) is 4.91. The van der Waals surface area contributed by atoms with Gasteiger partial charge in [-0.05, 0) is 46.3 Å². The lowest BCUT2D eigenvalue weighted by molar-refractivity contribution is 0.600. The summed E-state index contributed by atoms with van der Waals surface area (Å²) >= 11 is 3.16. The van der Waals surface area contributed by atoms with Crippen LogP contribution in [-0.2, 0) is 10.0 Å². The molecule has 0 bridgehead atoms. The number of benzene rings is 1. The van der Waals surface area contributed by atoms with Crippen LogP contribution in [0.3, 0.4) is 0 Å². The first-order valence-electron chi connectivity index (χ1n) is 4.84. The predicted molar refractivity (Wildman–Crippen MR) is 71.4 cm³/mol. The number of nitrogens with two attached hydrogens (primary N) is 1. The number of rotatable bonds is 3. The number of nitrogen functional groups attached to an aromatic ring is 1. The zero-order valence-electron chi connectivity index (χ0n) is 9.04. The summed E-state index contributed by atoms with van der Waals surface area (Å²) in [7, 11) is -3.72. The van der Waals surface area contributed by atoms with Crippen LogP contribution in [0.1, 0.15) is 0 Å². The fraction of sp³-hybridized carbons (Fsp3) is 0. The van der Waals surface area contributed by atoms with E-state index in [9.17, 15) is 8.42 Å². The molecule has 1 heterocycles. The van der Waals surface area contributed by atoms with Gasteiger partial charge in [0.2, 0.25) is 0 Å². The van der Waals surface area contributed by atoms with Gasteiger partial charge >= 0.3 is 0 Å². The van der Waals surface area contributed by atoms with Crippen LogP contribution in [0.25, 0.3) is 0 Å². The molecule has 2 rings (SSSR count). The maximum atomic E-state index is 12.1. The SMILES string of the molecule is Nc1ccc(S(=O)(=O)Nc2cccnn2)c(Br)c1. The topological polar surface area (TPSA) is 98.0 Å². The Balaban J connectivity index is 2.37. The Hall–Kier alpha value is -1.67. The Kier molecular flexibility index (Phi) is 3.48. The highest BCUT2D eigenvalue weighted by Crippen LogP contribution is 2.25. The molecule has 1 aromatic carbocycles. The lowest BCUT2D eigenvalue weighted by Crippen LogP contribution is -2.14. The second-order valence-electron chi connectivity index (χ2n) is 3.40. The number of anilines is 2. The van der Waals surface area contributed by atoms with Crippen LogP contribution in [0.15, 0.2) is 45.9 Å². The molecule has 0 aliphatic carbocycles. The van der Waals surface area contributed by atoms with Gasteiger partial charge in [-0.3, -0.25) is 4.72 Å². The first-order chi connectivity index (χ1) is 8.49. The quantitative estimate of drug-likeness (QED) is 0.834. The van der Waals surface area contributed by atoms with Gasteiger partial charge in [0.1, 0.15) is 4.90 Å². The van der Waals surface area contributed by atoms with E-state index in [4.69, 9.17) is 5.73 Å². The summed E-state index contributed by atoms with van der Waals surface area (Å²) in [5.74, 6) is 0.154.